The molecule has 4 nitrogen and oxygen atoms in total. The number of nitrogens with zero attached hydrogens (tertiary/aromatic N) is 3. The molecule has 0 fully saturated rings. The third kappa shape index (κ3) is 3.38. The number of benzene rings is 1. The van der Waals surface area contributed by atoms with Gasteiger partial charge in [-0.3, -0.25) is 0 Å². The van der Waals surface area contributed by atoms with Crippen LogP contribution in [0, 0.1) is 0 Å². The van der Waals surface area contributed by atoms with Crippen LogP contribution in [0.1, 0.15) is 17.5 Å². The van der Waals surface area contributed by atoms with E-state index >= 15 is 0 Å². The van der Waals surface area contributed by atoms with E-state index in [2.05, 4.69) is 10.2 Å². The van der Waals surface area contributed by atoms with Gasteiger partial charge in [0.1, 0.15) is 0 Å². The molecule has 20 heavy (non-hydrogen) atoms. The van der Waals surface area contributed by atoms with Crippen molar-refractivity contribution in [2.45, 2.75) is 19.6 Å². The third-order valence-electron chi connectivity index (χ3n) is 2.66. The molecule has 0 saturated heterocycles. The summed E-state index contributed by atoms with van der Waals surface area (Å²) in [4.78, 5) is 1.73. The summed E-state index contributed by atoms with van der Waals surface area (Å²) in [5.41, 5.74) is 7.19. The van der Waals surface area contributed by atoms with E-state index in [0.29, 0.717) is 30.1 Å². The minimum Gasteiger partial charge on any atom is -0.399 e. The van der Waals surface area contributed by atoms with Crippen molar-refractivity contribution in [1.29, 1.82) is 0 Å². The monoisotopic (exact) mass is 302 g/mol. The fourth-order valence-corrected chi connectivity index (χ4v) is 2.39. The second kappa shape index (κ2) is 5.66. The van der Waals surface area contributed by atoms with E-state index in [1.54, 1.807) is 17.0 Å². The van der Waals surface area contributed by atoms with E-state index < -0.39 is 11.2 Å². The van der Waals surface area contributed by atoms with Crippen molar-refractivity contribution in [2.75, 3.05) is 17.2 Å². The highest BCUT2D eigenvalue weighted by Crippen LogP contribution is 2.34. The zero-order valence-corrected chi connectivity index (χ0v) is 11.5. The fraction of sp³-hybridized carbons (Fsp3) is 0.333. The van der Waals surface area contributed by atoms with Crippen LogP contribution in [0.5, 0.6) is 0 Å². The van der Waals surface area contributed by atoms with Gasteiger partial charge in [0.05, 0.1) is 0 Å². The van der Waals surface area contributed by atoms with Crippen LogP contribution < -0.4 is 10.6 Å². The zero-order valence-electron chi connectivity index (χ0n) is 10.7. The Morgan fingerprint density at radius 1 is 1.20 bits per heavy atom. The van der Waals surface area contributed by atoms with Crippen LogP contribution in [0.2, 0.25) is 0 Å². The van der Waals surface area contributed by atoms with Crippen LogP contribution in [-0.4, -0.2) is 16.7 Å². The minimum atomic E-state index is -4.45. The Labute approximate surface area is 118 Å². The topological polar surface area (TPSA) is 55.0 Å². The van der Waals surface area contributed by atoms with E-state index in [1.807, 2.05) is 19.1 Å². The molecule has 1 aromatic carbocycles. The van der Waals surface area contributed by atoms with Crippen LogP contribution in [0.3, 0.4) is 0 Å². The maximum absolute atomic E-state index is 12.5. The predicted molar refractivity (Wildman–Crippen MR) is 72.5 cm³/mol. The Bertz CT molecular complexity index is 565. The molecule has 0 aliphatic heterocycles. The lowest BCUT2D eigenvalue weighted by molar-refractivity contribution is -0.138. The van der Waals surface area contributed by atoms with Crippen LogP contribution in [0.15, 0.2) is 24.3 Å². The highest BCUT2D eigenvalue weighted by atomic mass is 32.1. The molecule has 0 aliphatic rings. The van der Waals surface area contributed by atoms with Gasteiger partial charge in [0.2, 0.25) is 10.1 Å². The smallest absolute Gasteiger partial charge is 0.399 e. The Balaban J connectivity index is 2.16. The van der Waals surface area contributed by atoms with Gasteiger partial charge in [-0.25, -0.2) is 0 Å². The van der Waals surface area contributed by atoms with Gasteiger partial charge in [0.15, 0.2) is 0 Å². The van der Waals surface area contributed by atoms with Crippen LogP contribution in [0.4, 0.5) is 24.0 Å². The Morgan fingerprint density at radius 2 is 1.85 bits per heavy atom. The standard InChI is InChI=1S/C12H13F3N4S/c1-2-19(7-8-3-5-9(16)6-4-8)11-18-17-10(20-11)12(13,14)15/h3-6H,2,7,16H2,1H3. The second-order valence-electron chi connectivity index (χ2n) is 4.14. The minimum absolute atomic E-state index is 0.261. The summed E-state index contributed by atoms with van der Waals surface area (Å²) in [5, 5.41) is 6.14. The first-order chi connectivity index (χ1) is 9.40. The lowest BCUT2D eigenvalue weighted by Crippen LogP contribution is -2.21. The van der Waals surface area contributed by atoms with Gasteiger partial charge in [0.25, 0.3) is 0 Å². The molecule has 0 unspecified atom stereocenters. The van der Waals surface area contributed by atoms with Gasteiger partial charge >= 0.3 is 6.18 Å². The normalized spacial score (nSPS) is 11.6. The molecule has 0 radical (unpaired) electrons. The fourth-order valence-electron chi connectivity index (χ4n) is 1.62. The Kier molecular flexibility index (Phi) is 4.12. The summed E-state index contributed by atoms with van der Waals surface area (Å²) in [5.74, 6) is 0. The highest BCUT2D eigenvalue weighted by molar-refractivity contribution is 7.15. The first-order valence-corrected chi connectivity index (χ1v) is 6.72. The van der Waals surface area contributed by atoms with E-state index in [-0.39, 0.29) is 5.13 Å². The Hall–Kier alpha value is -1.83. The van der Waals surface area contributed by atoms with Crippen molar-refractivity contribution in [3.8, 4) is 0 Å². The summed E-state index contributed by atoms with van der Waals surface area (Å²) >= 11 is 0.549. The molecule has 0 bridgehead atoms. The van der Waals surface area contributed by atoms with Crippen molar-refractivity contribution in [3.05, 3.63) is 34.8 Å². The number of halogens is 3. The molecule has 2 aromatic rings. The third-order valence-corrected chi connectivity index (χ3v) is 3.69. The van der Waals surface area contributed by atoms with Crippen molar-refractivity contribution < 1.29 is 13.2 Å². The number of hydrogen-bond acceptors (Lipinski definition) is 5. The first-order valence-electron chi connectivity index (χ1n) is 5.90. The van der Waals surface area contributed by atoms with Crippen molar-refractivity contribution in [3.63, 3.8) is 0 Å². The van der Waals surface area contributed by atoms with E-state index in [1.165, 1.54) is 0 Å². The highest BCUT2D eigenvalue weighted by Gasteiger charge is 2.36. The number of anilines is 2. The van der Waals surface area contributed by atoms with Gasteiger partial charge in [-0.1, -0.05) is 23.5 Å². The van der Waals surface area contributed by atoms with Crippen molar-refractivity contribution in [1.82, 2.24) is 10.2 Å². The summed E-state index contributed by atoms with van der Waals surface area (Å²) in [6.07, 6.45) is -4.45. The quantitative estimate of drug-likeness (QED) is 0.881. The summed E-state index contributed by atoms with van der Waals surface area (Å²) < 4.78 is 37.5. The average Bonchev–Trinajstić information content (AvgIpc) is 2.87. The molecule has 0 spiro atoms. The molecule has 108 valence electrons. The van der Waals surface area contributed by atoms with Crippen LogP contribution in [0.25, 0.3) is 0 Å². The van der Waals surface area contributed by atoms with Crippen molar-refractivity contribution in [2.24, 2.45) is 0 Å². The SMILES string of the molecule is CCN(Cc1ccc(N)cc1)c1nnc(C(F)(F)F)s1. The van der Waals surface area contributed by atoms with Gasteiger partial charge in [0, 0.05) is 18.8 Å². The molecule has 8 heteroatoms. The molecular formula is C12H13F3N4S. The molecule has 1 aromatic heterocycles. The summed E-state index contributed by atoms with van der Waals surface area (Å²) in [7, 11) is 0. The van der Waals surface area contributed by atoms with Crippen LogP contribution >= 0.6 is 11.3 Å². The molecule has 0 amide bonds. The van der Waals surface area contributed by atoms with Crippen LogP contribution in [-0.2, 0) is 12.7 Å². The molecule has 0 saturated carbocycles. The van der Waals surface area contributed by atoms with Gasteiger partial charge in [-0.2, -0.15) is 13.2 Å². The van der Waals surface area contributed by atoms with E-state index in [9.17, 15) is 13.2 Å². The molecule has 1 heterocycles. The lowest BCUT2D eigenvalue weighted by Gasteiger charge is -2.19. The Morgan fingerprint density at radius 3 is 2.35 bits per heavy atom. The number of rotatable bonds is 4. The number of alkyl halides is 3. The maximum Gasteiger partial charge on any atom is 0.445 e. The number of aromatic nitrogens is 2. The number of nitrogen functional groups attached to an aromatic ring is 1. The number of hydrogen-bond donors (Lipinski definition) is 1. The van der Waals surface area contributed by atoms with Gasteiger partial charge in [-0.15, -0.1) is 10.2 Å². The molecule has 2 rings (SSSR count). The zero-order chi connectivity index (χ0) is 14.8. The molecule has 0 atom stereocenters. The lowest BCUT2D eigenvalue weighted by atomic mass is 10.2. The van der Waals surface area contributed by atoms with Gasteiger partial charge < -0.3 is 10.6 Å². The number of nitrogens with two attached hydrogens (primary N) is 1. The average molecular weight is 302 g/mol. The molecular weight excluding hydrogens is 289 g/mol. The predicted octanol–water partition coefficient (Wildman–Crippen LogP) is 3.17. The van der Waals surface area contributed by atoms with Gasteiger partial charge in [-0.05, 0) is 24.6 Å². The largest absolute Gasteiger partial charge is 0.445 e. The van der Waals surface area contributed by atoms with E-state index in [0.717, 1.165) is 5.56 Å². The maximum atomic E-state index is 12.5. The first kappa shape index (κ1) is 14.6. The molecule has 2 N–H and O–H groups in total. The molecule has 0 aliphatic carbocycles. The van der Waals surface area contributed by atoms with E-state index in [4.69, 9.17) is 5.73 Å². The summed E-state index contributed by atoms with van der Waals surface area (Å²) in [6, 6.07) is 7.18. The second-order valence-corrected chi connectivity index (χ2v) is 5.10. The summed E-state index contributed by atoms with van der Waals surface area (Å²) in [6.45, 7) is 2.85. The van der Waals surface area contributed by atoms with Crippen molar-refractivity contribution >= 4 is 22.2 Å².